The highest BCUT2D eigenvalue weighted by molar-refractivity contribution is 9.10. The first kappa shape index (κ1) is 14.4. The van der Waals surface area contributed by atoms with Crippen molar-refractivity contribution in [3.63, 3.8) is 0 Å². The van der Waals surface area contributed by atoms with E-state index in [0.717, 1.165) is 0 Å². The van der Waals surface area contributed by atoms with Gasteiger partial charge in [-0.2, -0.15) is 13.2 Å². The van der Waals surface area contributed by atoms with Gasteiger partial charge in [0, 0.05) is 13.1 Å². The second kappa shape index (κ2) is 5.79. The monoisotopic (exact) mass is 315 g/mol. The molecule has 2 nitrogen and oxygen atoms in total. The minimum atomic E-state index is -4.65. The smallest absolute Gasteiger partial charge is 0.382 e. The van der Waals surface area contributed by atoms with Crippen molar-refractivity contribution in [3.8, 4) is 0 Å². The lowest BCUT2D eigenvalue weighted by molar-refractivity contribution is -0.201. The van der Waals surface area contributed by atoms with Crippen LogP contribution in [-0.4, -0.2) is 23.9 Å². The Balaban J connectivity index is 2.49. The Kier molecular flexibility index (Phi) is 4.91. The molecule has 96 valence electrons. The molecule has 1 rings (SSSR count). The third-order valence-corrected chi connectivity index (χ3v) is 2.95. The van der Waals surface area contributed by atoms with Crippen molar-refractivity contribution in [1.29, 1.82) is 0 Å². The molecule has 17 heavy (non-hydrogen) atoms. The van der Waals surface area contributed by atoms with Crippen LogP contribution < -0.4 is 5.32 Å². The molecule has 0 heterocycles. The Labute approximate surface area is 104 Å². The van der Waals surface area contributed by atoms with Crippen molar-refractivity contribution in [1.82, 2.24) is 5.32 Å². The molecule has 0 radical (unpaired) electrons. The molecule has 0 bridgehead atoms. The fourth-order valence-electron chi connectivity index (χ4n) is 1.14. The van der Waals surface area contributed by atoms with Gasteiger partial charge in [0.15, 0.2) is 6.10 Å². The first-order valence-electron chi connectivity index (χ1n) is 4.70. The average Bonchev–Trinajstić information content (AvgIpc) is 2.22. The van der Waals surface area contributed by atoms with Crippen molar-refractivity contribution in [2.45, 2.75) is 18.8 Å². The van der Waals surface area contributed by atoms with Crippen LogP contribution in [-0.2, 0) is 6.54 Å². The van der Waals surface area contributed by atoms with Gasteiger partial charge in [0.2, 0.25) is 0 Å². The molecule has 1 aromatic carbocycles. The van der Waals surface area contributed by atoms with Crippen LogP contribution in [0.3, 0.4) is 0 Å². The van der Waals surface area contributed by atoms with Gasteiger partial charge < -0.3 is 10.4 Å². The maximum atomic E-state index is 13.1. The third kappa shape index (κ3) is 4.25. The highest BCUT2D eigenvalue weighted by Crippen LogP contribution is 2.21. The van der Waals surface area contributed by atoms with Gasteiger partial charge in [0.25, 0.3) is 0 Å². The van der Waals surface area contributed by atoms with Gasteiger partial charge in [-0.1, -0.05) is 12.1 Å². The average molecular weight is 316 g/mol. The number of hydrogen-bond donors (Lipinski definition) is 2. The molecular weight excluding hydrogens is 306 g/mol. The minimum absolute atomic E-state index is 0.0332. The zero-order chi connectivity index (χ0) is 13.1. The summed E-state index contributed by atoms with van der Waals surface area (Å²) >= 11 is 2.99. The van der Waals surface area contributed by atoms with E-state index in [1.165, 1.54) is 12.1 Å². The van der Waals surface area contributed by atoms with Crippen molar-refractivity contribution in [2.75, 3.05) is 6.54 Å². The Bertz CT molecular complexity index is 383. The lowest BCUT2D eigenvalue weighted by Gasteiger charge is -2.15. The highest BCUT2D eigenvalue weighted by atomic mass is 79.9. The van der Waals surface area contributed by atoms with E-state index in [2.05, 4.69) is 21.2 Å². The van der Waals surface area contributed by atoms with E-state index in [-0.39, 0.29) is 11.0 Å². The molecule has 0 aliphatic heterocycles. The van der Waals surface area contributed by atoms with Gasteiger partial charge in [-0.15, -0.1) is 0 Å². The zero-order valence-electron chi connectivity index (χ0n) is 8.56. The first-order valence-corrected chi connectivity index (χ1v) is 5.50. The summed E-state index contributed by atoms with van der Waals surface area (Å²) in [6.07, 6.45) is -7.07. The number of benzene rings is 1. The fourth-order valence-corrected chi connectivity index (χ4v) is 1.55. The lowest BCUT2D eigenvalue weighted by atomic mass is 10.2. The molecule has 0 fully saturated rings. The Morgan fingerprint density at radius 2 is 2.00 bits per heavy atom. The summed E-state index contributed by atoms with van der Waals surface area (Å²) in [6, 6.07) is 4.26. The normalized spacial score (nSPS) is 13.8. The van der Waals surface area contributed by atoms with Crippen LogP contribution >= 0.6 is 15.9 Å². The standard InChI is InChI=1S/C10H10BrF4NO/c11-9-6(2-1-3-7(9)12)4-16-5-8(17)10(13,14)15/h1-3,8,16-17H,4-5H2. The molecule has 0 aliphatic carbocycles. The van der Waals surface area contributed by atoms with Crippen LogP contribution in [0.2, 0.25) is 0 Å². The maximum absolute atomic E-state index is 13.1. The van der Waals surface area contributed by atoms with Crippen molar-refractivity contribution < 1.29 is 22.7 Å². The topological polar surface area (TPSA) is 32.3 Å². The number of halogens is 5. The molecule has 0 saturated heterocycles. The predicted molar refractivity (Wildman–Crippen MR) is 57.9 cm³/mol. The van der Waals surface area contributed by atoms with E-state index < -0.39 is 24.6 Å². The van der Waals surface area contributed by atoms with Crippen LogP contribution in [0.25, 0.3) is 0 Å². The second-order valence-electron chi connectivity index (χ2n) is 3.40. The van der Waals surface area contributed by atoms with Gasteiger partial charge in [-0.25, -0.2) is 4.39 Å². The molecule has 1 aromatic rings. The number of aliphatic hydroxyl groups excluding tert-OH is 1. The Hall–Kier alpha value is -0.660. The molecule has 1 atom stereocenters. The van der Waals surface area contributed by atoms with Crippen LogP contribution in [0.15, 0.2) is 22.7 Å². The maximum Gasteiger partial charge on any atom is 0.415 e. The van der Waals surface area contributed by atoms with E-state index in [9.17, 15) is 17.6 Å². The van der Waals surface area contributed by atoms with Crippen molar-refractivity contribution in [3.05, 3.63) is 34.1 Å². The highest BCUT2D eigenvalue weighted by Gasteiger charge is 2.37. The van der Waals surface area contributed by atoms with E-state index in [4.69, 9.17) is 5.11 Å². The molecule has 0 amide bonds. The summed E-state index contributed by atoms with van der Waals surface area (Å²) in [5.41, 5.74) is 0.486. The van der Waals surface area contributed by atoms with Crippen molar-refractivity contribution >= 4 is 15.9 Å². The number of rotatable bonds is 4. The Morgan fingerprint density at radius 1 is 1.35 bits per heavy atom. The number of aliphatic hydroxyl groups is 1. The summed E-state index contributed by atoms with van der Waals surface area (Å²) < 4.78 is 49.1. The van der Waals surface area contributed by atoms with Gasteiger partial charge in [-0.3, -0.25) is 0 Å². The number of hydrogen-bond acceptors (Lipinski definition) is 2. The fraction of sp³-hybridized carbons (Fsp3) is 0.400. The van der Waals surface area contributed by atoms with Crippen molar-refractivity contribution in [2.24, 2.45) is 0 Å². The number of nitrogens with one attached hydrogen (secondary N) is 1. The van der Waals surface area contributed by atoms with E-state index in [0.29, 0.717) is 5.56 Å². The third-order valence-electron chi connectivity index (χ3n) is 2.06. The molecule has 1 unspecified atom stereocenters. The van der Waals surface area contributed by atoms with Crippen LogP contribution in [0, 0.1) is 5.82 Å². The summed E-state index contributed by atoms with van der Waals surface area (Å²) in [5.74, 6) is -0.485. The number of alkyl halides is 3. The van der Waals surface area contributed by atoms with E-state index >= 15 is 0 Å². The van der Waals surface area contributed by atoms with Crippen LogP contribution in [0.4, 0.5) is 17.6 Å². The quantitative estimate of drug-likeness (QED) is 0.837. The molecular formula is C10H10BrF4NO. The van der Waals surface area contributed by atoms with E-state index in [1.54, 1.807) is 6.07 Å². The summed E-state index contributed by atoms with van der Waals surface area (Å²) in [6.45, 7) is -0.599. The SMILES string of the molecule is OC(CNCc1cccc(F)c1Br)C(F)(F)F. The molecule has 2 N–H and O–H groups in total. The lowest BCUT2D eigenvalue weighted by Crippen LogP contribution is -2.38. The van der Waals surface area contributed by atoms with E-state index in [1.807, 2.05) is 0 Å². The first-order chi connectivity index (χ1) is 7.82. The van der Waals surface area contributed by atoms with Gasteiger partial charge in [0.1, 0.15) is 5.82 Å². The molecule has 0 aliphatic rings. The minimum Gasteiger partial charge on any atom is -0.382 e. The summed E-state index contributed by atoms with van der Waals surface area (Å²) in [7, 11) is 0. The summed E-state index contributed by atoms with van der Waals surface area (Å²) in [4.78, 5) is 0. The Morgan fingerprint density at radius 3 is 2.59 bits per heavy atom. The second-order valence-corrected chi connectivity index (χ2v) is 4.19. The molecule has 0 spiro atoms. The molecule has 7 heteroatoms. The summed E-state index contributed by atoms with van der Waals surface area (Å²) in [5, 5.41) is 11.1. The predicted octanol–water partition coefficient (Wildman–Crippen LogP) is 2.60. The van der Waals surface area contributed by atoms with Crippen LogP contribution in [0.5, 0.6) is 0 Å². The largest absolute Gasteiger partial charge is 0.415 e. The van der Waals surface area contributed by atoms with Crippen LogP contribution in [0.1, 0.15) is 5.56 Å². The van der Waals surface area contributed by atoms with Gasteiger partial charge in [-0.05, 0) is 27.6 Å². The molecule has 0 saturated carbocycles. The zero-order valence-corrected chi connectivity index (χ0v) is 10.1. The van der Waals surface area contributed by atoms with Gasteiger partial charge in [0.05, 0.1) is 4.47 Å². The van der Waals surface area contributed by atoms with Gasteiger partial charge >= 0.3 is 6.18 Å². The molecule has 0 aromatic heterocycles.